The van der Waals surface area contributed by atoms with Gasteiger partial charge in [-0.15, -0.1) is 0 Å². The summed E-state index contributed by atoms with van der Waals surface area (Å²) in [7, 11) is 0. The number of nitrogens with zero attached hydrogens (tertiary/aromatic N) is 3. The Kier molecular flexibility index (Phi) is 4.96. The third-order valence-electron chi connectivity index (χ3n) is 2.33. The minimum atomic E-state index is -0.0646. The first-order valence-corrected chi connectivity index (χ1v) is 5.17. The molecule has 0 bridgehead atoms. The maximum Gasteiger partial charge on any atom is 0.101 e. The zero-order valence-electron chi connectivity index (χ0n) is 9.30. The highest BCUT2D eigenvalue weighted by Gasteiger charge is 2.11. The van der Waals surface area contributed by atoms with Crippen molar-refractivity contribution in [3.05, 3.63) is 29.3 Å². The smallest absolute Gasteiger partial charge is 0.101 e. The molecule has 0 saturated heterocycles. The topological polar surface area (TPSA) is 91.3 Å². The Morgan fingerprint density at radius 3 is 2.18 bits per heavy atom. The molecule has 0 radical (unpaired) electrons. The fraction of sp³-hybridized carbons (Fsp3) is 0.333. The van der Waals surface area contributed by atoms with Gasteiger partial charge in [0, 0.05) is 13.1 Å². The Hall–Kier alpha value is -2.08. The number of benzene rings is 1. The molecule has 0 heterocycles. The van der Waals surface area contributed by atoms with Crippen LogP contribution in [-0.2, 0) is 0 Å². The van der Waals surface area contributed by atoms with E-state index in [0.717, 1.165) is 0 Å². The number of aliphatic hydroxyl groups excluding tert-OH is 2. The molecule has 0 saturated carbocycles. The summed E-state index contributed by atoms with van der Waals surface area (Å²) in [5.74, 6) is 0. The fourth-order valence-corrected chi connectivity index (χ4v) is 1.57. The summed E-state index contributed by atoms with van der Waals surface area (Å²) in [5.41, 5.74) is 1.40. The monoisotopic (exact) mass is 231 g/mol. The van der Waals surface area contributed by atoms with Crippen LogP contribution in [0.25, 0.3) is 0 Å². The van der Waals surface area contributed by atoms with E-state index >= 15 is 0 Å². The van der Waals surface area contributed by atoms with Gasteiger partial charge in [0.05, 0.1) is 36.1 Å². The second kappa shape index (κ2) is 6.49. The zero-order valence-corrected chi connectivity index (χ0v) is 9.30. The SMILES string of the molecule is N#Cc1ccc(N(CCO)CCO)c(C#N)c1. The Balaban J connectivity index is 3.11. The minimum Gasteiger partial charge on any atom is -0.395 e. The van der Waals surface area contributed by atoms with Crippen LogP contribution in [-0.4, -0.2) is 36.5 Å². The first-order valence-electron chi connectivity index (χ1n) is 5.17. The molecule has 1 rings (SSSR count). The Labute approximate surface area is 99.8 Å². The van der Waals surface area contributed by atoms with Crippen LogP contribution < -0.4 is 4.90 Å². The molecule has 5 nitrogen and oxygen atoms in total. The summed E-state index contributed by atoms with van der Waals surface area (Å²) >= 11 is 0. The van der Waals surface area contributed by atoms with Gasteiger partial charge in [0.1, 0.15) is 6.07 Å². The molecule has 0 unspecified atom stereocenters. The standard InChI is InChI=1S/C12H13N3O2/c13-8-10-1-2-12(11(7-10)9-14)15(3-5-16)4-6-17/h1-2,7,16-17H,3-6H2. The van der Waals surface area contributed by atoms with Gasteiger partial charge < -0.3 is 15.1 Å². The summed E-state index contributed by atoms with van der Waals surface area (Å²) in [4.78, 5) is 1.71. The quantitative estimate of drug-likeness (QED) is 0.756. The van der Waals surface area contributed by atoms with E-state index in [1.54, 1.807) is 17.0 Å². The molecule has 1 aromatic rings. The summed E-state index contributed by atoms with van der Waals surface area (Å²) < 4.78 is 0. The summed E-state index contributed by atoms with van der Waals surface area (Å²) in [6, 6.07) is 8.74. The van der Waals surface area contributed by atoms with E-state index in [2.05, 4.69) is 0 Å². The van der Waals surface area contributed by atoms with Gasteiger partial charge in [-0.05, 0) is 18.2 Å². The van der Waals surface area contributed by atoms with Gasteiger partial charge in [-0.2, -0.15) is 10.5 Å². The molecule has 1 aromatic carbocycles. The van der Waals surface area contributed by atoms with E-state index < -0.39 is 0 Å². The lowest BCUT2D eigenvalue weighted by molar-refractivity contribution is 0.281. The average Bonchev–Trinajstić information content (AvgIpc) is 2.37. The van der Waals surface area contributed by atoms with E-state index in [1.165, 1.54) is 6.07 Å². The van der Waals surface area contributed by atoms with E-state index in [-0.39, 0.29) is 13.2 Å². The Morgan fingerprint density at radius 2 is 1.71 bits per heavy atom. The molecule has 5 heteroatoms. The first-order chi connectivity index (χ1) is 8.26. The number of anilines is 1. The van der Waals surface area contributed by atoms with Gasteiger partial charge in [-0.1, -0.05) is 0 Å². The van der Waals surface area contributed by atoms with Crippen molar-refractivity contribution in [2.24, 2.45) is 0 Å². The van der Waals surface area contributed by atoms with Crippen molar-refractivity contribution in [2.45, 2.75) is 0 Å². The lowest BCUT2D eigenvalue weighted by Gasteiger charge is -2.23. The second-order valence-electron chi connectivity index (χ2n) is 3.39. The highest BCUT2D eigenvalue weighted by atomic mass is 16.3. The van der Waals surface area contributed by atoms with E-state index in [1.807, 2.05) is 12.1 Å². The van der Waals surface area contributed by atoms with Crippen LogP contribution in [0.1, 0.15) is 11.1 Å². The molecule has 0 atom stereocenters. The van der Waals surface area contributed by atoms with Crippen LogP contribution >= 0.6 is 0 Å². The number of aliphatic hydroxyl groups is 2. The van der Waals surface area contributed by atoms with E-state index in [9.17, 15) is 0 Å². The van der Waals surface area contributed by atoms with Crippen LogP contribution in [0, 0.1) is 22.7 Å². The summed E-state index contributed by atoms with van der Waals surface area (Å²) in [6.45, 7) is 0.540. The molecule has 0 aromatic heterocycles. The van der Waals surface area contributed by atoms with Crippen LogP contribution in [0.5, 0.6) is 0 Å². The van der Waals surface area contributed by atoms with Crippen LogP contribution in [0.2, 0.25) is 0 Å². The van der Waals surface area contributed by atoms with Crippen LogP contribution in [0.4, 0.5) is 5.69 Å². The minimum absolute atomic E-state index is 0.0646. The van der Waals surface area contributed by atoms with E-state index in [4.69, 9.17) is 20.7 Å². The van der Waals surface area contributed by atoms with Gasteiger partial charge >= 0.3 is 0 Å². The molecule has 0 aliphatic rings. The van der Waals surface area contributed by atoms with Gasteiger partial charge in [-0.25, -0.2) is 0 Å². The molecule has 0 amide bonds. The molecule has 0 aliphatic heterocycles. The highest BCUT2D eigenvalue weighted by Crippen LogP contribution is 2.20. The van der Waals surface area contributed by atoms with Crippen molar-refractivity contribution >= 4 is 5.69 Å². The summed E-state index contributed by atoms with van der Waals surface area (Å²) in [6.07, 6.45) is 0. The molecular formula is C12H13N3O2. The largest absolute Gasteiger partial charge is 0.395 e. The Bertz CT molecular complexity index is 454. The van der Waals surface area contributed by atoms with Crippen molar-refractivity contribution in [2.75, 3.05) is 31.2 Å². The molecule has 0 spiro atoms. The predicted molar refractivity (Wildman–Crippen MR) is 62.3 cm³/mol. The maximum atomic E-state index is 9.01. The van der Waals surface area contributed by atoms with Crippen molar-refractivity contribution in [1.29, 1.82) is 10.5 Å². The molecule has 17 heavy (non-hydrogen) atoms. The van der Waals surface area contributed by atoms with Crippen LogP contribution in [0.3, 0.4) is 0 Å². The number of rotatable bonds is 5. The number of nitriles is 2. The normalized spacial score (nSPS) is 9.41. The second-order valence-corrected chi connectivity index (χ2v) is 3.39. The van der Waals surface area contributed by atoms with E-state index in [0.29, 0.717) is 29.9 Å². The zero-order chi connectivity index (χ0) is 12.7. The highest BCUT2D eigenvalue weighted by molar-refractivity contribution is 5.61. The Morgan fingerprint density at radius 1 is 1.06 bits per heavy atom. The molecule has 2 N–H and O–H groups in total. The van der Waals surface area contributed by atoms with Crippen molar-refractivity contribution < 1.29 is 10.2 Å². The van der Waals surface area contributed by atoms with Crippen molar-refractivity contribution in [3.63, 3.8) is 0 Å². The maximum absolute atomic E-state index is 9.01. The fourth-order valence-electron chi connectivity index (χ4n) is 1.57. The van der Waals surface area contributed by atoms with Crippen LogP contribution in [0.15, 0.2) is 18.2 Å². The van der Waals surface area contributed by atoms with Gasteiger partial charge in [-0.3, -0.25) is 0 Å². The van der Waals surface area contributed by atoms with Gasteiger partial charge in [0.25, 0.3) is 0 Å². The van der Waals surface area contributed by atoms with Gasteiger partial charge in [0.2, 0.25) is 0 Å². The molecule has 88 valence electrons. The molecular weight excluding hydrogens is 218 g/mol. The third kappa shape index (κ3) is 3.18. The van der Waals surface area contributed by atoms with Gasteiger partial charge in [0.15, 0.2) is 0 Å². The summed E-state index contributed by atoms with van der Waals surface area (Å²) in [5, 5.41) is 35.6. The molecule has 0 aliphatic carbocycles. The number of hydrogen-bond acceptors (Lipinski definition) is 5. The van der Waals surface area contributed by atoms with Crippen molar-refractivity contribution in [3.8, 4) is 12.1 Å². The lowest BCUT2D eigenvalue weighted by Crippen LogP contribution is -2.30. The molecule has 0 fully saturated rings. The lowest BCUT2D eigenvalue weighted by atomic mass is 10.1. The van der Waals surface area contributed by atoms with Crippen molar-refractivity contribution in [1.82, 2.24) is 0 Å². The first kappa shape index (κ1) is 13.0. The number of hydrogen-bond donors (Lipinski definition) is 2. The third-order valence-corrected chi connectivity index (χ3v) is 2.33. The average molecular weight is 231 g/mol. The predicted octanol–water partition coefficient (Wildman–Crippen LogP) is 0.221.